The minimum atomic E-state index is -0.123. The summed E-state index contributed by atoms with van der Waals surface area (Å²) < 4.78 is 7.15. The van der Waals surface area contributed by atoms with Crippen LogP contribution in [0, 0.1) is 0 Å². The van der Waals surface area contributed by atoms with Crippen LogP contribution in [0.1, 0.15) is 44.1 Å². The normalized spacial score (nSPS) is 12.3. The number of amides is 1. The van der Waals surface area contributed by atoms with Gasteiger partial charge in [0.1, 0.15) is 11.4 Å². The number of carbonyl (C=O) groups excluding carboxylic acids is 1. The highest BCUT2D eigenvalue weighted by molar-refractivity contribution is 5.94. The summed E-state index contributed by atoms with van der Waals surface area (Å²) in [5.74, 6) is 0.519. The maximum absolute atomic E-state index is 13.0. The molecule has 154 valence electrons. The fourth-order valence-corrected chi connectivity index (χ4v) is 3.49. The van der Waals surface area contributed by atoms with Crippen molar-refractivity contribution < 1.29 is 14.1 Å². The molecule has 0 bridgehead atoms. The van der Waals surface area contributed by atoms with Gasteiger partial charge in [-0.1, -0.05) is 18.2 Å². The number of aromatic nitrogens is 2. The molecule has 1 atom stereocenters. The van der Waals surface area contributed by atoms with Gasteiger partial charge in [-0.15, -0.1) is 0 Å². The molecule has 29 heavy (non-hydrogen) atoms. The van der Waals surface area contributed by atoms with Crippen molar-refractivity contribution in [2.24, 2.45) is 0 Å². The number of hydrogen-bond acceptors (Lipinski definition) is 3. The van der Waals surface area contributed by atoms with Gasteiger partial charge in [0.05, 0.1) is 31.6 Å². The molecule has 0 spiro atoms. The Morgan fingerprint density at radius 3 is 2.59 bits per heavy atom. The molecular weight excluding hydrogens is 364 g/mol. The number of para-hydroxylation sites is 1. The highest BCUT2D eigenvalue weighted by Crippen LogP contribution is 2.22. The molecule has 1 aromatic carbocycles. The van der Waals surface area contributed by atoms with Gasteiger partial charge >= 0.3 is 0 Å². The molecule has 0 aliphatic rings. The summed E-state index contributed by atoms with van der Waals surface area (Å²) >= 11 is 0. The van der Waals surface area contributed by atoms with Gasteiger partial charge in [0.25, 0.3) is 5.91 Å². The van der Waals surface area contributed by atoms with Crippen LogP contribution >= 0.6 is 0 Å². The molecule has 3 aromatic rings. The zero-order valence-corrected chi connectivity index (χ0v) is 17.5. The first-order valence-corrected chi connectivity index (χ1v) is 10.5. The van der Waals surface area contributed by atoms with E-state index >= 15 is 0 Å². The Hall–Kier alpha value is -2.86. The van der Waals surface area contributed by atoms with Crippen LogP contribution < -0.4 is 10.2 Å². The predicted molar refractivity (Wildman–Crippen MR) is 114 cm³/mol. The second-order valence-corrected chi connectivity index (χ2v) is 7.36. The predicted octanol–water partition coefficient (Wildman–Crippen LogP) is 2.96. The summed E-state index contributed by atoms with van der Waals surface area (Å²) in [7, 11) is 0. The van der Waals surface area contributed by atoms with E-state index in [9.17, 15) is 4.79 Å². The quantitative estimate of drug-likeness (QED) is 0.555. The minimum Gasteiger partial charge on any atom is -0.463 e. The number of nitrogens with zero attached hydrogens (tertiary/aromatic N) is 2. The third kappa shape index (κ3) is 5.35. The number of hydrogen-bond donors (Lipinski definition) is 2. The summed E-state index contributed by atoms with van der Waals surface area (Å²) in [5, 5.41) is 7.75. The molecule has 0 fully saturated rings. The van der Waals surface area contributed by atoms with E-state index in [1.807, 2.05) is 42.5 Å². The monoisotopic (exact) mass is 395 g/mol. The van der Waals surface area contributed by atoms with Crippen molar-refractivity contribution >= 4 is 5.91 Å². The van der Waals surface area contributed by atoms with Gasteiger partial charge in [0.2, 0.25) is 0 Å². The molecule has 2 aromatic heterocycles. The van der Waals surface area contributed by atoms with Crippen molar-refractivity contribution in [2.75, 3.05) is 19.6 Å². The second kappa shape index (κ2) is 10.1. The number of rotatable bonds is 10. The van der Waals surface area contributed by atoms with Crippen molar-refractivity contribution in [3.63, 3.8) is 0 Å². The molecule has 2 N–H and O–H groups in total. The number of benzene rings is 1. The second-order valence-electron chi connectivity index (χ2n) is 7.36. The van der Waals surface area contributed by atoms with Gasteiger partial charge in [-0.25, -0.2) is 4.68 Å². The molecule has 0 unspecified atom stereocenters. The molecule has 1 amide bonds. The van der Waals surface area contributed by atoms with E-state index in [0.717, 1.165) is 38.2 Å². The van der Waals surface area contributed by atoms with E-state index in [2.05, 4.69) is 31.2 Å². The Labute approximate surface area is 172 Å². The van der Waals surface area contributed by atoms with E-state index in [1.165, 1.54) is 0 Å². The molecule has 0 radical (unpaired) electrons. The molecule has 6 nitrogen and oxygen atoms in total. The van der Waals surface area contributed by atoms with Crippen molar-refractivity contribution in [3.8, 4) is 17.1 Å². The largest absolute Gasteiger partial charge is 0.463 e. The maximum atomic E-state index is 13.0. The lowest BCUT2D eigenvalue weighted by Crippen LogP contribution is -3.11. The van der Waals surface area contributed by atoms with Crippen molar-refractivity contribution in [3.05, 3.63) is 60.5 Å². The molecule has 0 aliphatic carbocycles. The Balaban J connectivity index is 1.73. The number of quaternary nitrogens is 1. The number of carbonyl (C=O) groups is 1. The van der Waals surface area contributed by atoms with Crippen molar-refractivity contribution in [2.45, 2.75) is 39.7 Å². The van der Waals surface area contributed by atoms with Gasteiger partial charge < -0.3 is 14.6 Å². The van der Waals surface area contributed by atoms with Gasteiger partial charge in [0.15, 0.2) is 5.76 Å². The van der Waals surface area contributed by atoms with Crippen molar-refractivity contribution in [1.82, 2.24) is 15.1 Å². The lowest BCUT2D eigenvalue weighted by Gasteiger charge is -2.18. The summed E-state index contributed by atoms with van der Waals surface area (Å²) in [6.45, 7) is 9.91. The summed E-state index contributed by atoms with van der Waals surface area (Å²) in [6.07, 6.45) is 3.66. The van der Waals surface area contributed by atoms with Crippen LogP contribution in [0.15, 0.2) is 59.2 Å². The van der Waals surface area contributed by atoms with Gasteiger partial charge in [0, 0.05) is 12.1 Å². The Morgan fingerprint density at radius 1 is 1.17 bits per heavy atom. The van der Waals surface area contributed by atoms with Crippen LogP contribution in [-0.4, -0.2) is 41.4 Å². The van der Waals surface area contributed by atoms with E-state index in [1.54, 1.807) is 21.9 Å². The summed E-state index contributed by atoms with van der Waals surface area (Å²) in [4.78, 5) is 14.6. The summed E-state index contributed by atoms with van der Waals surface area (Å²) in [5.41, 5.74) is 1.99. The smallest absolute Gasteiger partial charge is 0.270 e. The lowest BCUT2D eigenvalue weighted by atomic mass is 10.1. The molecule has 2 heterocycles. The highest BCUT2D eigenvalue weighted by atomic mass is 16.3. The van der Waals surface area contributed by atoms with Gasteiger partial charge in [-0.2, -0.15) is 5.10 Å². The van der Waals surface area contributed by atoms with Crippen LogP contribution in [0.3, 0.4) is 0 Å². The van der Waals surface area contributed by atoms with Crippen molar-refractivity contribution in [1.29, 1.82) is 0 Å². The molecule has 0 aliphatic heterocycles. The fraction of sp³-hybridized carbons (Fsp3) is 0.391. The number of nitrogens with one attached hydrogen (secondary N) is 2. The van der Waals surface area contributed by atoms with E-state index < -0.39 is 0 Å². The Kier molecular flexibility index (Phi) is 7.25. The summed E-state index contributed by atoms with van der Waals surface area (Å²) in [6, 6.07) is 15.2. The van der Waals surface area contributed by atoms with E-state index in [0.29, 0.717) is 17.1 Å². The van der Waals surface area contributed by atoms with Crippen LogP contribution in [0.25, 0.3) is 17.1 Å². The first-order valence-electron chi connectivity index (χ1n) is 10.5. The van der Waals surface area contributed by atoms with Crippen LogP contribution in [0.4, 0.5) is 0 Å². The average Bonchev–Trinajstić information content (AvgIpc) is 3.41. The van der Waals surface area contributed by atoms with Crippen LogP contribution in [-0.2, 0) is 0 Å². The first kappa shape index (κ1) is 20.9. The van der Waals surface area contributed by atoms with Crippen LogP contribution in [0.5, 0.6) is 0 Å². The maximum Gasteiger partial charge on any atom is 0.270 e. The van der Waals surface area contributed by atoms with Crippen LogP contribution in [0.2, 0.25) is 0 Å². The van der Waals surface area contributed by atoms with Gasteiger partial charge in [-0.3, -0.25) is 4.79 Å². The average molecular weight is 396 g/mol. The van der Waals surface area contributed by atoms with E-state index in [-0.39, 0.29) is 11.9 Å². The Bertz CT molecular complexity index is 883. The molecule has 6 heteroatoms. The zero-order valence-electron chi connectivity index (χ0n) is 17.5. The third-order valence-corrected chi connectivity index (χ3v) is 5.26. The third-order valence-electron chi connectivity index (χ3n) is 5.26. The van der Waals surface area contributed by atoms with Gasteiger partial charge in [-0.05, 0) is 57.9 Å². The Morgan fingerprint density at radius 2 is 1.93 bits per heavy atom. The molecule has 0 saturated heterocycles. The SMILES string of the molecule is CC[NH+](CC)CCC[C@@H](C)NC(=O)c1cc(-c2ccco2)nn1-c1ccccc1. The molecule has 0 saturated carbocycles. The lowest BCUT2D eigenvalue weighted by molar-refractivity contribution is -0.896. The minimum absolute atomic E-state index is 0.101. The molecular formula is C23H31N4O2+. The number of furan rings is 1. The fourth-order valence-electron chi connectivity index (χ4n) is 3.49. The standard InChI is InChI=1S/C23H30N4O2/c1-4-26(5-2)15-9-11-18(3)24-23(28)21-17-20(22-14-10-16-29-22)25-27(21)19-12-7-6-8-13-19/h6-8,10,12-14,16-18H,4-5,9,11,15H2,1-3H3,(H,24,28)/p+1/t18-/m1/s1. The first-order chi connectivity index (χ1) is 14.1. The van der Waals surface area contributed by atoms with E-state index in [4.69, 9.17) is 4.42 Å². The zero-order chi connectivity index (χ0) is 20.6. The topological polar surface area (TPSA) is 64.5 Å². The molecule has 3 rings (SSSR count). The highest BCUT2D eigenvalue weighted by Gasteiger charge is 2.20.